The summed E-state index contributed by atoms with van der Waals surface area (Å²) in [6.07, 6.45) is 0. The first-order chi connectivity index (χ1) is 13.4. The van der Waals surface area contributed by atoms with Gasteiger partial charge in [0.1, 0.15) is 0 Å². The van der Waals surface area contributed by atoms with E-state index in [1.807, 2.05) is 29.2 Å². The molecule has 0 spiro atoms. The number of benzene rings is 2. The van der Waals surface area contributed by atoms with Gasteiger partial charge in [0.2, 0.25) is 0 Å². The Morgan fingerprint density at radius 1 is 1.04 bits per heavy atom. The molecule has 0 aliphatic rings. The van der Waals surface area contributed by atoms with Crippen molar-refractivity contribution in [1.82, 2.24) is 9.88 Å². The third kappa shape index (κ3) is 4.45. The molecule has 0 aliphatic carbocycles. The number of carbonyl (C=O) groups excluding carboxylic acids is 1. The van der Waals surface area contributed by atoms with Gasteiger partial charge >= 0.3 is 0 Å². The zero-order valence-corrected chi connectivity index (χ0v) is 19.2. The number of thiazole rings is 1. The Morgan fingerprint density at radius 3 is 2.36 bits per heavy atom. The molecule has 4 nitrogen and oxygen atoms in total. The van der Waals surface area contributed by atoms with Crippen LogP contribution in [-0.4, -0.2) is 42.0 Å². The molecule has 28 heavy (non-hydrogen) atoms. The van der Waals surface area contributed by atoms with Crippen LogP contribution in [0.4, 0.5) is 5.13 Å². The number of rotatable bonds is 7. The van der Waals surface area contributed by atoms with Crippen LogP contribution < -0.4 is 4.90 Å². The van der Waals surface area contributed by atoms with Crippen molar-refractivity contribution in [3.05, 3.63) is 57.6 Å². The Balaban J connectivity index is 1.98. The molecule has 0 fully saturated rings. The Bertz CT molecular complexity index is 964. The molecule has 3 aromatic rings. The molecule has 1 heterocycles. The Hall–Kier alpha value is -1.76. The van der Waals surface area contributed by atoms with Crippen LogP contribution in [0.3, 0.4) is 0 Å². The van der Waals surface area contributed by atoms with E-state index in [0.29, 0.717) is 12.1 Å². The number of anilines is 1. The SMILES string of the molecule is CCN(CC)CCN(C(=O)c1ccc(Br)cc1)c1nc2c(C)c(C)ccc2s1. The van der Waals surface area contributed by atoms with E-state index >= 15 is 0 Å². The molecule has 148 valence electrons. The van der Waals surface area contributed by atoms with Gasteiger partial charge in [-0.25, -0.2) is 4.98 Å². The molecule has 0 saturated carbocycles. The highest BCUT2D eigenvalue weighted by Gasteiger charge is 2.22. The first kappa shape index (κ1) is 21.0. The van der Waals surface area contributed by atoms with Crippen LogP contribution >= 0.6 is 27.3 Å². The smallest absolute Gasteiger partial charge is 0.260 e. The lowest BCUT2D eigenvalue weighted by Gasteiger charge is -2.24. The van der Waals surface area contributed by atoms with Gasteiger partial charge in [0.15, 0.2) is 5.13 Å². The Kier molecular flexibility index (Phi) is 6.86. The lowest BCUT2D eigenvalue weighted by Crippen LogP contribution is -2.38. The second-order valence-electron chi connectivity index (χ2n) is 6.84. The van der Waals surface area contributed by atoms with Gasteiger partial charge in [-0.05, 0) is 68.4 Å². The summed E-state index contributed by atoms with van der Waals surface area (Å²) in [4.78, 5) is 22.4. The molecule has 0 bridgehead atoms. The van der Waals surface area contributed by atoms with E-state index in [2.05, 4.69) is 60.7 Å². The average molecular weight is 460 g/mol. The fourth-order valence-corrected chi connectivity index (χ4v) is 4.46. The van der Waals surface area contributed by atoms with Gasteiger partial charge in [0, 0.05) is 23.1 Å². The first-order valence-corrected chi connectivity index (χ1v) is 11.2. The van der Waals surface area contributed by atoms with Crippen molar-refractivity contribution in [3.8, 4) is 0 Å². The third-order valence-corrected chi connectivity index (χ3v) is 6.75. The van der Waals surface area contributed by atoms with E-state index in [4.69, 9.17) is 4.98 Å². The number of hydrogen-bond acceptors (Lipinski definition) is 4. The minimum atomic E-state index is -0.00640. The van der Waals surface area contributed by atoms with Crippen molar-refractivity contribution in [2.24, 2.45) is 0 Å². The van der Waals surface area contributed by atoms with Crippen molar-refractivity contribution in [3.63, 3.8) is 0 Å². The fraction of sp³-hybridized carbons (Fsp3) is 0.364. The molecule has 0 aliphatic heterocycles. The number of fused-ring (bicyclic) bond motifs is 1. The van der Waals surface area contributed by atoms with Crippen molar-refractivity contribution < 1.29 is 4.79 Å². The highest BCUT2D eigenvalue weighted by atomic mass is 79.9. The average Bonchev–Trinajstić information content (AvgIpc) is 3.13. The highest BCUT2D eigenvalue weighted by molar-refractivity contribution is 9.10. The number of likely N-dealkylation sites (N-methyl/N-ethyl adjacent to an activating group) is 1. The molecule has 1 aromatic heterocycles. The molecule has 6 heteroatoms. The molecule has 2 aromatic carbocycles. The second-order valence-corrected chi connectivity index (χ2v) is 8.77. The molecule has 0 radical (unpaired) electrons. The number of aromatic nitrogens is 1. The number of hydrogen-bond donors (Lipinski definition) is 0. The molecule has 3 rings (SSSR count). The maximum absolute atomic E-state index is 13.3. The summed E-state index contributed by atoms with van der Waals surface area (Å²) in [5.41, 5.74) is 4.07. The molecule has 0 atom stereocenters. The van der Waals surface area contributed by atoms with Crippen LogP contribution in [0, 0.1) is 13.8 Å². The van der Waals surface area contributed by atoms with Crippen molar-refractivity contribution in [2.45, 2.75) is 27.7 Å². The van der Waals surface area contributed by atoms with Gasteiger partial charge in [0.05, 0.1) is 10.2 Å². The maximum Gasteiger partial charge on any atom is 0.260 e. The summed E-state index contributed by atoms with van der Waals surface area (Å²) in [6, 6.07) is 11.8. The highest BCUT2D eigenvalue weighted by Crippen LogP contribution is 2.32. The number of amides is 1. The molecular formula is C22H26BrN3OS. The number of halogens is 1. The summed E-state index contributed by atoms with van der Waals surface area (Å²) < 4.78 is 2.08. The number of nitrogens with zero attached hydrogens (tertiary/aromatic N) is 3. The van der Waals surface area contributed by atoms with Gasteiger partial charge in [-0.15, -0.1) is 0 Å². The van der Waals surface area contributed by atoms with Crippen LogP contribution in [0.2, 0.25) is 0 Å². The van der Waals surface area contributed by atoms with Gasteiger partial charge in [0.25, 0.3) is 5.91 Å². The van der Waals surface area contributed by atoms with Crippen LogP contribution in [0.1, 0.15) is 35.3 Å². The van der Waals surface area contributed by atoms with Crippen LogP contribution in [0.5, 0.6) is 0 Å². The number of carbonyl (C=O) groups is 1. The molecule has 0 N–H and O–H groups in total. The molecular weight excluding hydrogens is 434 g/mol. The monoisotopic (exact) mass is 459 g/mol. The largest absolute Gasteiger partial charge is 0.302 e. The zero-order valence-electron chi connectivity index (χ0n) is 16.8. The maximum atomic E-state index is 13.3. The van der Waals surface area contributed by atoms with Crippen molar-refractivity contribution in [1.29, 1.82) is 0 Å². The Labute approximate surface area is 179 Å². The van der Waals surface area contributed by atoms with E-state index in [0.717, 1.165) is 39.5 Å². The fourth-order valence-electron chi connectivity index (χ4n) is 3.14. The third-order valence-electron chi connectivity index (χ3n) is 5.17. The summed E-state index contributed by atoms with van der Waals surface area (Å²) in [7, 11) is 0. The van der Waals surface area contributed by atoms with E-state index in [-0.39, 0.29) is 5.91 Å². The summed E-state index contributed by atoms with van der Waals surface area (Å²) in [5, 5.41) is 0.767. The van der Waals surface area contributed by atoms with Crippen LogP contribution in [0.25, 0.3) is 10.2 Å². The minimum absolute atomic E-state index is 0.00640. The summed E-state index contributed by atoms with van der Waals surface area (Å²) in [5.74, 6) is -0.00640. The normalized spacial score (nSPS) is 11.4. The summed E-state index contributed by atoms with van der Waals surface area (Å²) in [6.45, 7) is 11.9. The van der Waals surface area contributed by atoms with Crippen molar-refractivity contribution in [2.75, 3.05) is 31.1 Å². The second kappa shape index (κ2) is 9.16. The summed E-state index contributed by atoms with van der Waals surface area (Å²) >= 11 is 5.03. The van der Waals surface area contributed by atoms with E-state index in [9.17, 15) is 4.79 Å². The van der Waals surface area contributed by atoms with E-state index in [1.165, 1.54) is 11.1 Å². The molecule has 0 saturated heterocycles. The molecule has 0 unspecified atom stereocenters. The van der Waals surface area contributed by atoms with Gasteiger partial charge in [-0.2, -0.15) is 0 Å². The predicted molar refractivity (Wildman–Crippen MR) is 123 cm³/mol. The minimum Gasteiger partial charge on any atom is -0.302 e. The molecule has 1 amide bonds. The topological polar surface area (TPSA) is 36.4 Å². The van der Waals surface area contributed by atoms with Gasteiger partial charge in [-0.3, -0.25) is 9.69 Å². The first-order valence-electron chi connectivity index (χ1n) is 9.61. The quantitative estimate of drug-likeness (QED) is 0.456. The Morgan fingerprint density at radius 2 is 1.71 bits per heavy atom. The lowest BCUT2D eigenvalue weighted by molar-refractivity contribution is 0.0984. The predicted octanol–water partition coefficient (Wildman–Crippen LogP) is 5.66. The van der Waals surface area contributed by atoms with Crippen LogP contribution in [0.15, 0.2) is 40.9 Å². The van der Waals surface area contributed by atoms with Gasteiger partial charge < -0.3 is 4.90 Å². The number of aryl methyl sites for hydroxylation is 2. The van der Waals surface area contributed by atoms with Gasteiger partial charge in [-0.1, -0.05) is 47.2 Å². The van der Waals surface area contributed by atoms with E-state index < -0.39 is 0 Å². The van der Waals surface area contributed by atoms with Crippen LogP contribution in [-0.2, 0) is 0 Å². The van der Waals surface area contributed by atoms with E-state index in [1.54, 1.807) is 11.3 Å². The zero-order chi connectivity index (χ0) is 20.3. The standard InChI is InChI=1S/C22H26BrN3OS/c1-5-25(6-2)13-14-26(21(27)17-8-10-18(23)11-9-17)22-24-20-16(4)15(3)7-12-19(20)28-22/h7-12H,5-6,13-14H2,1-4H3. The lowest BCUT2D eigenvalue weighted by atomic mass is 10.1. The van der Waals surface area contributed by atoms with Crippen molar-refractivity contribution >= 4 is 48.5 Å².